The maximum Gasteiger partial charge on any atom is 0.319 e. The molecule has 1 aromatic carbocycles. The number of aromatic nitrogens is 2. The monoisotopic (exact) mass is 357 g/mol. The molecule has 0 unspecified atom stereocenters. The molecule has 1 heterocycles. The highest BCUT2D eigenvalue weighted by Crippen LogP contribution is 2.16. The first-order valence-corrected chi connectivity index (χ1v) is 6.39. The van der Waals surface area contributed by atoms with Gasteiger partial charge in [-0.15, -0.1) is 0 Å². The summed E-state index contributed by atoms with van der Waals surface area (Å²) in [5, 5.41) is 0. The third kappa shape index (κ3) is 3.67. The molecule has 0 bridgehead atoms. The fraction of sp³-hybridized carbons (Fsp3) is 0.0909. The molecule has 4 nitrogen and oxygen atoms in total. The highest BCUT2D eigenvalue weighted by Gasteiger charge is 2.02. The Hall–Kier alpha value is -1.14. The van der Waals surface area contributed by atoms with E-state index < -0.39 is 0 Å². The van der Waals surface area contributed by atoms with Crippen LogP contribution in [0.15, 0.2) is 39.4 Å². The molecule has 0 aliphatic rings. The van der Waals surface area contributed by atoms with Crippen LogP contribution in [0, 0.1) is 0 Å². The highest BCUT2D eigenvalue weighted by atomic mass is 79.9. The van der Waals surface area contributed by atoms with Crippen molar-refractivity contribution in [1.29, 1.82) is 0 Å². The van der Waals surface area contributed by atoms with Crippen molar-refractivity contribution in [3.8, 4) is 6.01 Å². The van der Waals surface area contributed by atoms with Crippen LogP contribution in [-0.4, -0.2) is 9.97 Å². The van der Waals surface area contributed by atoms with Crippen LogP contribution in [0.4, 0.5) is 5.82 Å². The SMILES string of the molecule is Nc1cc(Br)nc(OCc2cccc(Br)c2)n1. The number of hydrogen-bond acceptors (Lipinski definition) is 4. The van der Waals surface area contributed by atoms with Crippen molar-refractivity contribution in [2.45, 2.75) is 6.61 Å². The lowest BCUT2D eigenvalue weighted by Crippen LogP contribution is -2.01. The molecule has 0 radical (unpaired) electrons. The summed E-state index contributed by atoms with van der Waals surface area (Å²) in [6, 6.07) is 9.71. The van der Waals surface area contributed by atoms with Gasteiger partial charge in [0.05, 0.1) is 0 Å². The van der Waals surface area contributed by atoms with Gasteiger partial charge in [0, 0.05) is 10.5 Å². The van der Waals surface area contributed by atoms with Crippen molar-refractivity contribution in [2.75, 3.05) is 5.73 Å². The minimum Gasteiger partial charge on any atom is -0.459 e. The van der Waals surface area contributed by atoms with Crippen LogP contribution >= 0.6 is 31.9 Å². The molecule has 2 rings (SSSR count). The van der Waals surface area contributed by atoms with Crippen LogP contribution in [0.3, 0.4) is 0 Å². The molecule has 0 saturated carbocycles. The zero-order chi connectivity index (χ0) is 12.3. The van der Waals surface area contributed by atoms with E-state index in [9.17, 15) is 0 Å². The summed E-state index contributed by atoms with van der Waals surface area (Å²) in [6.07, 6.45) is 0. The van der Waals surface area contributed by atoms with Crippen molar-refractivity contribution in [2.24, 2.45) is 0 Å². The van der Waals surface area contributed by atoms with Gasteiger partial charge in [0.15, 0.2) is 0 Å². The average molecular weight is 359 g/mol. The third-order valence-electron chi connectivity index (χ3n) is 1.95. The number of rotatable bonds is 3. The van der Waals surface area contributed by atoms with E-state index in [1.54, 1.807) is 6.07 Å². The molecule has 88 valence electrons. The standard InChI is InChI=1S/C11H9Br2N3O/c12-8-3-1-2-7(4-8)6-17-11-15-9(13)5-10(14)16-11/h1-5H,6H2,(H2,14,15,16). The van der Waals surface area contributed by atoms with Gasteiger partial charge in [-0.25, -0.2) is 0 Å². The number of ether oxygens (including phenoxy) is 1. The van der Waals surface area contributed by atoms with Crippen LogP contribution in [0.2, 0.25) is 0 Å². The van der Waals surface area contributed by atoms with E-state index in [1.165, 1.54) is 0 Å². The zero-order valence-corrected chi connectivity index (χ0v) is 11.9. The number of nitrogens with two attached hydrogens (primary N) is 1. The van der Waals surface area contributed by atoms with E-state index >= 15 is 0 Å². The Morgan fingerprint density at radius 2 is 2.00 bits per heavy atom. The predicted octanol–water partition coefficient (Wildman–Crippen LogP) is 3.16. The highest BCUT2D eigenvalue weighted by molar-refractivity contribution is 9.10. The Morgan fingerprint density at radius 3 is 2.71 bits per heavy atom. The molecule has 0 spiro atoms. The molecule has 1 aromatic heterocycles. The lowest BCUT2D eigenvalue weighted by atomic mass is 10.2. The van der Waals surface area contributed by atoms with Gasteiger partial charge >= 0.3 is 6.01 Å². The minimum absolute atomic E-state index is 0.261. The second-order valence-electron chi connectivity index (χ2n) is 3.32. The number of benzene rings is 1. The summed E-state index contributed by atoms with van der Waals surface area (Å²) >= 11 is 6.63. The maximum atomic E-state index is 5.58. The number of hydrogen-bond donors (Lipinski definition) is 1. The van der Waals surface area contributed by atoms with E-state index in [2.05, 4.69) is 41.8 Å². The number of anilines is 1. The Balaban J connectivity index is 2.07. The largest absolute Gasteiger partial charge is 0.459 e. The maximum absolute atomic E-state index is 5.58. The first kappa shape index (κ1) is 12.3. The first-order chi connectivity index (χ1) is 8.13. The summed E-state index contributed by atoms with van der Waals surface area (Å²) in [4.78, 5) is 8.04. The van der Waals surface area contributed by atoms with E-state index in [1.807, 2.05) is 24.3 Å². The van der Waals surface area contributed by atoms with Crippen molar-refractivity contribution >= 4 is 37.7 Å². The minimum atomic E-state index is 0.261. The van der Waals surface area contributed by atoms with Gasteiger partial charge in [-0.1, -0.05) is 28.1 Å². The van der Waals surface area contributed by atoms with Crippen LogP contribution in [-0.2, 0) is 6.61 Å². The smallest absolute Gasteiger partial charge is 0.319 e. The number of nitrogens with zero attached hydrogens (tertiary/aromatic N) is 2. The van der Waals surface area contributed by atoms with Crippen LogP contribution in [0.5, 0.6) is 6.01 Å². The number of halogens is 2. The molecule has 0 atom stereocenters. The summed E-state index contributed by atoms with van der Waals surface area (Å²) in [5.74, 6) is 0.371. The molecule has 2 aromatic rings. The topological polar surface area (TPSA) is 61.0 Å². The molecular formula is C11H9Br2N3O. The van der Waals surface area contributed by atoms with Gasteiger partial charge in [-0.05, 0) is 33.6 Å². The summed E-state index contributed by atoms with van der Waals surface area (Å²) < 4.78 is 7.07. The van der Waals surface area contributed by atoms with Crippen molar-refractivity contribution in [3.63, 3.8) is 0 Å². The fourth-order valence-corrected chi connectivity index (χ4v) is 2.09. The molecule has 6 heteroatoms. The summed E-state index contributed by atoms with van der Waals surface area (Å²) in [5.41, 5.74) is 6.61. The van der Waals surface area contributed by atoms with Gasteiger partial charge in [0.2, 0.25) is 0 Å². The van der Waals surface area contributed by atoms with Gasteiger partial charge < -0.3 is 10.5 Å². The van der Waals surface area contributed by atoms with Crippen molar-refractivity contribution in [1.82, 2.24) is 9.97 Å². The lowest BCUT2D eigenvalue weighted by Gasteiger charge is -2.05. The Kier molecular flexibility index (Phi) is 3.96. The average Bonchev–Trinajstić information content (AvgIpc) is 2.25. The van der Waals surface area contributed by atoms with Crippen molar-refractivity contribution < 1.29 is 4.74 Å². The third-order valence-corrected chi connectivity index (χ3v) is 2.85. The fourth-order valence-electron chi connectivity index (χ4n) is 1.25. The van der Waals surface area contributed by atoms with Gasteiger partial charge in [0.25, 0.3) is 0 Å². The van der Waals surface area contributed by atoms with Crippen LogP contribution in [0.25, 0.3) is 0 Å². The zero-order valence-electron chi connectivity index (χ0n) is 8.73. The summed E-state index contributed by atoms with van der Waals surface area (Å²) in [7, 11) is 0. The molecule has 0 aliphatic heterocycles. The molecule has 0 fully saturated rings. The quantitative estimate of drug-likeness (QED) is 0.856. The predicted molar refractivity (Wildman–Crippen MR) is 72.6 cm³/mol. The van der Waals surface area contributed by atoms with E-state index in [4.69, 9.17) is 10.5 Å². The normalized spacial score (nSPS) is 10.2. The number of nitrogen functional groups attached to an aromatic ring is 1. The lowest BCUT2D eigenvalue weighted by molar-refractivity contribution is 0.280. The van der Waals surface area contributed by atoms with E-state index in [0.29, 0.717) is 17.0 Å². The van der Waals surface area contributed by atoms with Crippen LogP contribution < -0.4 is 10.5 Å². The Labute approximate surface area is 115 Å². The summed E-state index contributed by atoms with van der Waals surface area (Å²) in [6.45, 7) is 0.398. The molecule has 17 heavy (non-hydrogen) atoms. The molecule has 0 saturated heterocycles. The van der Waals surface area contributed by atoms with Gasteiger partial charge in [-0.2, -0.15) is 9.97 Å². The molecule has 0 amide bonds. The molecular weight excluding hydrogens is 350 g/mol. The van der Waals surface area contributed by atoms with E-state index in [-0.39, 0.29) is 6.01 Å². The molecule has 0 aliphatic carbocycles. The van der Waals surface area contributed by atoms with Gasteiger partial charge in [0.1, 0.15) is 17.0 Å². The second-order valence-corrected chi connectivity index (χ2v) is 5.04. The van der Waals surface area contributed by atoms with Gasteiger partial charge in [-0.3, -0.25) is 0 Å². The van der Waals surface area contributed by atoms with E-state index in [0.717, 1.165) is 10.0 Å². The Morgan fingerprint density at radius 1 is 1.18 bits per heavy atom. The van der Waals surface area contributed by atoms with Crippen molar-refractivity contribution in [3.05, 3.63) is 45.0 Å². The Bertz CT molecular complexity index is 514. The second kappa shape index (κ2) is 5.46. The molecule has 2 N–H and O–H groups in total. The van der Waals surface area contributed by atoms with Crippen LogP contribution in [0.1, 0.15) is 5.56 Å². The first-order valence-electron chi connectivity index (χ1n) is 4.81.